The number of hydrogen-bond donors (Lipinski definition) is 3. The predicted octanol–water partition coefficient (Wildman–Crippen LogP) is 5.73. The number of rotatable bonds is 13. The first kappa shape index (κ1) is 32.7. The van der Waals surface area contributed by atoms with E-state index in [1.54, 1.807) is 49.9 Å². The molecule has 0 aliphatic carbocycles. The zero-order valence-electron chi connectivity index (χ0n) is 25.2. The third-order valence-electron chi connectivity index (χ3n) is 6.52. The molecule has 40 heavy (non-hydrogen) atoms. The van der Waals surface area contributed by atoms with Gasteiger partial charge in [0.05, 0.1) is 0 Å². The number of alkyl carbamates (subject to hydrolysis) is 1. The summed E-state index contributed by atoms with van der Waals surface area (Å²) in [5, 5.41) is 15.6. The summed E-state index contributed by atoms with van der Waals surface area (Å²) in [5.41, 5.74) is 2.66. The second-order valence-electron chi connectivity index (χ2n) is 11.4. The Morgan fingerprint density at radius 1 is 0.975 bits per heavy atom. The molecule has 2 atom stereocenters. The molecule has 0 aromatic heterocycles. The van der Waals surface area contributed by atoms with Crippen LogP contribution in [0.25, 0.3) is 0 Å². The average Bonchev–Trinajstić information content (AvgIpc) is 2.87. The molecular formula is C32H47N3O5. The number of benzene rings is 2. The molecule has 2 rings (SSSR count). The van der Waals surface area contributed by atoms with Crippen molar-refractivity contribution in [3.05, 3.63) is 64.7 Å². The molecule has 0 bridgehead atoms. The van der Waals surface area contributed by atoms with E-state index in [4.69, 9.17) is 4.74 Å². The number of phenols is 1. The predicted molar refractivity (Wildman–Crippen MR) is 158 cm³/mol. The van der Waals surface area contributed by atoms with Crippen LogP contribution in [0.1, 0.15) is 88.6 Å². The maximum Gasteiger partial charge on any atom is 0.408 e. The first-order chi connectivity index (χ1) is 18.9. The summed E-state index contributed by atoms with van der Waals surface area (Å²) in [6, 6.07) is 10.6. The quantitative estimate of drug-likeness (QED) is 0.275. The molecule has 3 N–H and O–H groups in total. The highest BCUT2D eigenvalue weighted by Crippen LogP contribution is 2.28. The van der Waals surface area contributed by atoms with Gasteiger partial charge < -0.3 is 25.4 Å². The number of unbranched alkanes of at least 4 members (excludes halogenated alkanes) is 2. The van der Waals surface area contributed by atoms with Crippen LogP contribution in [0.4, 0.5) is 4.79 Å². The molecule has 0 heterocycles. The van der Waals surface area contributed by atoms with Crippen LogP contribution in [0.2, 0.25) is 0 Å². The second kappa shape index (κ2) is 15.3. The van der Waals surface area contributed by atoms with Gasteiger partial charge in [0.15, 0.2) is 0 Å². The number of hydrogen-bond acceptors (Lipinski definition) is 5. The smallest absolute Gasteiger partial charge is 0.408 e. The lowest BCUT2D eigenvalue weighted by atomic mass is 9.95. The van der Waals surface area contributed by atoms with Gasteiger partial charge in [-0.05, 0) is 76.3 Å². The minimum absolute atomic E-state index is 0.107. The summed E-state index contributed by atoms with van der Waals surface area (Å²) in [6.07, 6.45) is 2.73. The molecule has 0 fully saturated rings. The number of aryl methyl sites for hydroxylation is 2. The minimum atomic E-state index is -0.993. The number of nitrogens with zero attached hydrogens (tertiary/aromatic N) is 1. The Morgan fingerprint density at radius 2 is 1.62 bits per heavy atom. The van der Waals surface area contributed by atoms with Gasteiger partial charge in [0, 0.05) is 19.5 Å². The maximum absolute atomic E-state index is 14.4. The van der Waals surface area contributed by atoms with Gasteiger partial charge in [-0.25, -0.2) is 4.79 Å². The monoisotopic (exact) mass is 553 g/mol. The summed E-state index contributed by atoms with van der Waals surface area (Å²) in [6.45, 7) is 14.1. The molecule has 8 nitrogen and oxygen atoms in total. The lowest BCUT2D eigenvalue weighted by Crippen LogP contribution is -2.54. The van der Waals surface area contributed by atoms with Crippen molar-refractivity contribution >= 4 is 17.9 Å². The summed E-state index contributed by atoms with van der Waals surface area (Å²) in [7, 11) is 0. The third kappa shape index (κ3) is 10.2. The summed E-state index contributed by atoms with van der Waals surface area (Å²) in [5.74, 6) is -0.508. The van der Waals surface area contributed by atoms with Gasteiger partial charge in [-0.15, -0.1) is 0 Å². The van der Waals surface area contributed by atoms with Crippen molar-refractivity contribution in [2.45, 2.75) is 98.3 Å². The zero-order valence-corrected chi connectivity index (χ0v) is 25.2. The standard InChI is InChI=1S/C32H47N3O5/c1-8-10-18-33-29(37)28(26-20-22(3)12-13-23(26)4)35(19-11-9-2)30(38)27(34-31(39)40-32(5,6)7)21-24-14-16-25(36)17-15-24/h12-17,20,27-28,36H,8-11,18-19,21H2,1-7H3,(H,33,37)(H,34,39). The first-order valence-corrected chi connectivity index (χ1v) is 14.3. The van der Waals surface area contributed by atoms with E-state index in [-0.39, 0.29) is 24.0 Å². The fourth-order valence-corrected chi connectivity index (χ4v) is 4.40. The molecule has 0 saturated heterocycles. The van der Waals surface area contributed by atoms with E-state index in [0.717, 1.165) is 41.5 Å². The van der Waals surface area contributed by atoms with Crippen molar-refractivity contribution in [3.63, 3.8) is 0 Å². The number of amides is 3. The second-order valence-corrected chi connectivity index (χ2v) is 11.4. The number of carbonyl (C=O) groups is 3. The largest absolute Gasteiger partial charge is 0.508 e. The van der Waals surface area contributed by atoms with Crippen molar-refractivity contribution < 1.29 is 24.2 Å². The van der Waals surface area contributed by atoms with Crippen molar-refractivity contribution in [2.75, 3.05) is 13.1 Å². The van der Waals surface area contributed by atoms with E-state index >= 15 is 0 Å². The lowest BCUT2D eigenvalue weighted by Gasteiger charge is -2.35. The summed E-state index contributed by atoms with van der Waals surface area (Å²) < 4.78 is 5.49. The zero-order chi connectivity index (χ0) is 29.9. The van der Waals surface area contributed by atoms with Crippen molar-refractivity contribution in [2.24, 2.45) is 0 Å². The average molecular weight is 554 g/mol. The van der Waals surface area contributed by atoms with E-state index in [1.165, 1.54) is 0 Å². The molecule has 0 saturated carbocycles. The molecular weight excluding hydrogens is 506 g/mol. The van der Waals surface area contributed by atoms with Crippen LogP contribution in [0.3, 0.4) is 0 Å². The van der Waals surface area contributed by atoms with Crippen molar-refractivity contribution in [1.29, 1.82) is 0 Å². The molecule has 8 heteroatoms. The Bertz CT molecular complexity index is 1120. The first-order valence-electron chi connectivity index (χ1n) is 14.3. The van der Waals surface area contributed by atoms with Crippen LogP contribution in [0.5, 0.6) is 5.75 Å². The highest BCUT2D eigenvalue weighted by atomic mass is 16.6. The van der Waals surface area contributed by atoms with Crippen LogP contribution in [-0.4, -0.2) is 52.6 Å². The van der Waals surface area contributed by atoms with E-state index in [0.29, 0.717) is 19.5 Å². The minimum Gasteiger partial charge on any atom is -0.508 e. The van der Waals surface area contributed by atoms with Crippen LogP contribution in [-0.2, 0) is 20.7 Å². The maximum atomic E-state index is 14.4. The highest BCUT2D eigenvalue weighted by molar-refractivity contribution is 5.92. The molecule has 220 valence electrons. The van der Waals surface area contributed by atoms with E-state index in [9.17, 15) is 19.5 Å². The fraction of sp³-hybridized carbons (Fsp3) is 0.531. The number of phenolic OH excluding ortho intramolecular Hbond substituents is 1. The van der Waals surface area contributed by atoms with Gasteiger partial charge >= 0.3 is 6.09 Å². The van der Waals surface area contributed by atoms with Gasteiger partial charge in [0.25, 0.3) is 0 Å². The van der Waals surface area contributed by atoms with Crippen molar-refractivity contribution in [3.8, 4) is 5.75 Å². The molecule has 0 aliphatic heterocycles. The van der Waals surface area contributed by atoms with Gasteiger partial charge in [0.2, 0.25) is 11.8 Å². The fourth-order valence-electron chi connectivity index (χ4n) is 4.40. The molecule has 2 aromatic rings. The SMILES string of the molecule is CCCCNC(=O)C(c1cc(C)ccc1C)N(CCCC)C(=O)C(Cc1ccc(O)cc1)NC(=O)OC(C)(C)C. The van der Waals surface area contributed by atoms with Gasteiger partial charge in [-0.3, -0.25) is 9.59 Å². The topological polar surface area (TPSA) is 108 Å². The normalized spacial score (nSPS) is 12.8. The summed E-state index contributed by atoms with van der Waals surface area (Å²) >= 11 is 0. The molecule has 0 radical (unpaired) electrons. The Balaban J connectivity index is 2.57. The Hall–Kier alpha value is -3.55. The summed E-state index contributed by atoms with van der Waals surface area (Å²) in [4.78, 5) is 42.7. The van der Waals surface area contributed by atoms with Gasteiger partial charge in [-0.1, -0.05) is 62.6 Å². The van der Waals surface area contributed by atoms with E-state index in [2.05, 4.69) is 17.6 Å². The molecule has 0 spiro atoms. The number of carbonyl (C=O) groups excluding carboxylic acids is 3. The Kier molecular flexibility index (Phi) is 12.5. The lowest BCUT2D eigenvalue weighted by molar-refractivity contribution is -0.142. The van der Waals surface area contributed by atoms with Crippen LogP contribution >= 0.6 is 0 Å². The van der Waals surface area contributed by atoms with Gasteiger partial charge in [-0.2, -0.15) is 0 Å². The van der Waals surface area contributed by atoms with Crippen LogP contribution < -0.4 is 10.6 Å². The third-order valence-corrected chi connectivity index (χ3v) is 6.52. The number of aromatic hydroxyl groups is 1. The number of ether oxygens (including phenoxy) is 1. The molecule has 0 aliphatic rings. The van der Waals surface area contributed by atoms with Crippen molar-refractivity contribution in [1.82, 2.24) is 15.5 Å². The molecule has 2 aromatic carbocycles. The Labute approximate surface area is 239 Å². The van der Waals surface area contributed by atoms with E-state index in [1.807, 2.05) is 39.0 Å². The van der Waals surface area contributed by atoms with Gasteiger partial charge in [0.1, 0.15) is 23.4 Å². The Morgan fingerprint density at radius 3 is 2.23 bits per heavy atom. The van der Waals surface area contributed by atoms with Crippen LogP contribution in [0, 0.1) is 13.8 Å². The van der Waals surface area contributed by atoms with E-state index < -0.39 is 23.8 Å². The number of nitrogens with one attached hydrogen (secondary N) is 2. The van der Waals surface area contributed by atoms with Crippen LogP contribution in [0.15, 0.2) is 42.5 Å². The highest BCUT2D eigenvalue weighted by Gasteiger charge is 2.36. The molecule has 2 unspecified atom stereocenters. The molecule has 3 amide bonds.